The maximum absolute atomic E-state index is 12.4. The number of aromatic nitrogens is 1. The van der Waals surface area contributed by atoms with E-state index in [0.717, 1.165) is 32.0 Å². The number of carbonyl (C=O) groups excluding carboxylic acids is 2. The molecule has 5 nitrogen and oxygen atoms in total. The third kappa shape index (κ3) is 4.29. The molecule has 134 valence electrons. The summed E-state index contributed by atoms with van der Waals surface area (Å²) in [7, 11) is 0. The molecule has 0 bridgehead atoms. The molecule has 1 heterocycles. The molecule has 1 saturated carbocycles. The number of pyridine rings is 1. The standard InChI is InChI=1S/C18H18F2N2O3.H2/c19-18(20)25-15-6-3-12-7-13(9-21-16(12)8-15)17(24)22-14-4-1-11(10-23)2-5-14;/h3,6-11,14,18H,1-2,4-5H2,(H,22,24);1H. The van der Waals surface area contributed by atoms with E-state index in [1.165, 1.54) is 18.3 Å². The summed E-state index contributed by atoms with van der Waals surface area (Å²) in [5.41, 5.74) is 0.883. The van der Waals surface area contributed by atoms with Crippen LogP contribution in [0.25, 0.3) is 10.9 Å². The zero-order chi connectivity index (χ0) is 17.8. The van der Waals surface area contributed by atoms with Gasteiger partial charge in [0.15, 0.2) is 0 Å². The van der Waals surface area contributed by atoms with Gasteiger partial charge < -0.3 is 14.8 Å². The number of alkyl halides is 2. The Balaban J connectivity index is 0.00000243. The SMILES string of the molecule is O=CC1CCC(NC(=O)c2cnc3cc(OC(F)F)ccc3c2)CC1.[HH]. The van der Waals surface area contributed by atoms with Gasteiger partial charge in [-0.2, -0.15) is 8.78 Å². The van der Waals surface area contributed by atoms with Crippen molar-refractivity contribution >= 4 is 23.1 Å². The minimum absolute atomic E-state index is 0. The zero-order valence-corrected chi connectivity index (χ0v) is 13.5. The maximum atomic E-state index is 12.4. The molecular formula is C18H20F2N2O3. The van der Waals surface area contributed by atoms with Crippen molar-refractivity contribution in [3.8, 4) is 5.75 Å². The van der Waals surface area contributed by atoms with Crippen LogP contribution in [0.4, 0.5) is 8.78 Å². The quantitative estimate of drug-likeness (QED) is 0.837. The molecule has 1 amide bonds. The molecule has 0 spiro atoms. The van der Waals surface area contributed by atoms with Gasteiger partial charge in [-0.05, 0) is 43.9 Å². The van der Waals surface area contributed by atoms with Crippen LogP contribution in [0.2, 0.25) is 0 Å². The molecule has 1 aliphatic rings. The van der Waals surface area contributed by atoms with Crippen LogP contribution in [0.1, 0.15) is 37.5 Å². The van der Waals surface area contributed by atoms with Crippen molar-refractivity contribution in [2.75, 3.05) is 0 Å². The van der Waals surface area contributed by atoms with Crippen molar-refractivity contribution in [2.45, 2.75) is 38.3 Å². The van der Waals surface area contributed by atoms with Gasteiger partial charge in [-0.15, -0.1) is 0 Å². The van der Waals surface area contributed by atoms with Gasteiger partial charge in [-0.1, -0.05) is 0 Å². The number of hydrogen-bond donors (Lipinski definition) is 1. The molecule has 1 aliphatic carbocycles. The van der Waals surface area contributed by atoms with Gasteiger partial charge in [-0.3, -0.25) is 9.78 Å². The maximum Gasteiger partial charge on any atom is 0.387 e. The van der Waals surface area contributed by atoms with Crippen LogP contribution in [0.3, 0.4) is 0 Å². The molecule has 0 radical (unpaired) electrons. The Hall–Kier alpha value is -2.57. The van der Waals surface area contributed by atoms with Crippen molar-refractivity contribution in [1.82, 2.24) is 10.3 Å². The number of hydrogen-bond acceptors (Lipinski definition) is 4. The van der Waals surface area contributed by atoms with Gasteiger partial charge in [0.25, 0.3) is 5.91 Å². The van der Waals surface area contributed by atoms with Crippen LogP contribution in [-0.2, 0) is 4.79 Å². The highest BCUT2D eigenvalue weighted by molar-refractivity contribution is 5.97. The number of carbonyl (C=O) groups is 2. The van der Waals surface area contributed by atoms with Crippen molar-refractivity contribution in [1.29, 1.82) is 0 Å². The fraction of sp³-hybridized carbons (Fsp3) is 0.389. The summed E-state index contributed by atoms with van der Waals surface area (Å²) in [6.07, 6.45) is 5.54. The van der Waals surface area contributed by atoms with Crippen LogP contribution in [0.5, 0.6) is 5.75 Å². The average Bonchev–Trinajstić information content (AvgIpc) is 2.61. The molecule has 0 unspecified atom stereocenters. The van der Waals surface area contributed by atoms with Gasteiger partial charge in [-0.25, -0.2) is 0 Å². The van der Waals surface area contributed by atoms with Crippen LogP contribution in [-0.4, -0.2) is 29.8 Å². The Kier molecular flexibility index (Phi) is 5.21. The lowest BCUT2D eigenvalue weighted by molar-refractivity contribution is -0.111. The molecule has 0 aliphatic heterocycles. The first-order valence-corrected chi connectivity index (χ1v) is 8.16. The zero-order valence-electron chi connectivity index (χ0n) is 13.5. The number of nitrogens with one attached hydrogen (secondary N) is 1. The Morgan fingerprint density at radius 1 is 1.28 bits per heavy atom. The summed E-state index contributed by atoms with van der Waals surface area (Å²) >= 11 is 0. The molecule has 1 aromatic heterocycles. The first kappa shape index (κ1) is 17.3. The second kappa shape index (κ2) is 7.55. The van der Waals surface area contributed by atoms with Crippen LogP contribution >= 0.6 is 0 Å². The van der Waals surface area contributed by atoms with Crippen LogP contribution in [0, 0.1) is 5.92 Å². The van der Waals surface area contributed by atoms with Gasteiger partial charge in [0, 0.05) is 31.0 Å². The molecular weight excluding hydrogens is 330 g/mol. The lowest BCUT2D eigenvalue weighted by Gasteiger charge is -2.26. The summed E-state index contributed by atoms with van der Waals surface area (Å²) in [5, 5.41) is 3.63. The molecule has 0 atom stereocenters. The topological polar surface area (TPSA) is 68.3 Å². The van der Waals surface area contributed by atoms with E-state index in [-0.39, 0.29) is 25.0 Å². The summed E-state index contributed by atoms with van der Waals surface area (Å²) in [4.78, 5) is 27.3. The van der Waals surface area contributed by atoms with Crippen LogP contribution in [0.15, 0.2) is 30.5 Å². The summed E-state index contributed by atoms with van der Waals surface area (Å²) < 4.78 is 28.8. The van der Waals surface area contributed by atoms with Crippen molar-refractivity contribution in [3.05, 3.63) is 36.0 Å². The van der Waals surface area contributed by atoms with Crippen molar-refractivity contribution < 1.29 is 24.5 Å². The van der Waals surface area contributed by atoms with Gasteiger partial charge in [0.05, 0.1) is 11.1 Å². The van der Waals surface area contributed by atoms with E-state index < -0.39 is 6.61 Å². The minimum Gasteiger partial charge on any atom is -0.435 e. The van der Waals surface area contributed by atoms with Crippen LogP contribution < -0.4 is 10.1 Å². The lowest BCUT2D eigenvalue weighted by atomic mass is 9.87. The predicted octanol–water partition coefficient (Wildman–Crippen LogP) is 3.57. The molecule has 1 aromatic carbocycles. The number of amides is 1. The molecule has 1 N–H and O–H groups in total. The summed E-state index contributed by atoms with van der Waals surface area (Å²) in [6.45, 7) is -2.89. The lowest BCUT2D eigenvalue weighted by Crippen LogP contribution is -2.37. The fourth-order valence-electron chi connectivity index (χ4n) is 3.07. The summed E-state index contributed by atoms with van der Waals surface area (Å²) in [6, 6.07) is 6.14. The number of nitrogens with zero attached hydrogens (tertiary/aromatic N) is 1. The highest BCUT2D eigenvalue weighted by Gasteiger charge is 2.22. The van der Waals surface area contributed by atoms with E-state index in [9.17, 15) is 18.4 Å². The molecule has 0 saturated heterocycles. The number of aldehydes is 1. The fourth-order valence-corrected chi connectivity index (χ4v) is 3.07. The second-order valence-electron chi connectivity index (χ2n) is 6.18. The van der Waals surface area contributed by atoms with Gasteiger partial charge in [0.2, 0.25) is 0 Å². The van der Waals surface area contributed by atoms with Crippen molar-refractivity contribution in [3.63, 3.8) is 0 Å². The van der Waals surface area contributed by atoms with Gasteiger partial charge in [0.1, 0.15) is 12.0 Å². The Morgan fingerprint density at radius 3 is 2.72 bits per heavy atom. The highest BCUT2D eigenvalue weighted by Crippen LogP contribution is 2.24. The summed E-state index contributed by atoms with van der Waals surface area (Å²) in [5.74, 6) is -0.101. The third-order valence-corrected chi connectivity index (χ3v) is 4.44. The van der Waals surface area contributed by atoms with E-state index in [0.29, 0.717) is 16.5 Å². The first-order valence-electron chi connectivity index (χ1n) is 8.16. The van der Waals surface area contributed by atoms with E-state index in [2.05, 4.69) is 15.0 Å². The number of rotatable bonds is 5. The number of ether oxygens (including phenoxy) is 1. The third-order valence-electron chi connectivity index (χ3n) is 4.44. The van der Waals surface area contributed by atoms with E-state index in [4.69, 9.17) is 0 Å². The Morgan fingerprint density at radius 2 is 2.04 bits per heavy atom. The first-order chi connectivity index (χ1) is 12.0. The number of halogens is 2. The molecule has 1 fully saturated rings. The Labute approximate surface area is 144 Å². The van der Waals surface area contributed by atoms with Gasteiger partial charge >= 0.3 is 6.61 Å². The largest absolute Gasteiger partial charge is 0.435 e. The smallest absolute Gasteiger partial charge is 0.387 e. The highest BCUT2D eigenvalue weighted by atomic mass is 19.3. The molecule has 25 heavy (non-hydrogen) atoms. The number of fused-ring (bicyclic) bond motifs is 1. The minimum atomic E-state index is -2.89. The predicted molar refractivity (Wildman–Crippen MR) is 89.8 cm³/mol. The molecule has 2 aromatic rings. The number of benzene rings is 1. The van der Waals surface area contributed by atoms with E-state index in [1.54, 1.807) is 12.1 Å². The normalized spacial score (nSPS) is 20.4. The van der Waals surface area contributed by atoms with E-state index in [1.807, 2.05) is 0 Å². The second-order valence-corrected chi connectivity index (χ2v) is 6.18. The Bertz CT molecular complexity index is 780. The monoisotopic (exact) mass is 350 g/mol. The van der Waals surface area contributed by atoms with E-state index >= 15 is 0 Å². The van der Waals surface area contributed by atoms with Crippen molar-refractivity contribution in [2.24, 2.45) is 5.92 Å². The average molecular weight is 350 g/mol. The molecule has 3 rings (SSSR count). The molecule has 7 heteroatoms.